The zero-order chi connectivity index (χ0) is 16.4. The number of hydrogen-bond acceptors (Lipinski definition) is 3. The van der Waals surface area contributed by atoms with Crippen LogP contribution in [0.15, 0.2) is 24.3 Å². The maximum absolute atomic E-state index is 12.3. The van der Waals surface area contributed by atoms with Crippen LogP contribution in [0.1, 0.15) is 39.7 Å². The van der Waals surface area contributed by atoms with Crippen molar-refractivity contribution >= 4 is 5.91 Å². The third-order valence-corrected chi connectivity index (χ3v) is 4.45. The number of nitrogens with two attached hydrogens (primary N) is 1. The second-order valence-electron chi connectivity index (χ2n) is 7.61. The van der Waals surface area contributed by atoms with Crippen LogP contribution in [0.4, 0.5) is 0 Å². The molecule has 0 saturated carbocycles. The van der Waals surface area contributed by atoms with E-state index in [1.807, 2.05) is 23.1 Å². The first kappa shape index (κ1) is 16.8. The molecule has 0 aromatic heterocycles. The lowest BCUT2D eigenvalue weighted by atomic mass is 9.86. The number of ether oxygens (including phenoxy) is 1. The van der Waals surface area contributed by atoms with Crippen LogP contribution in [-0.2, 0) is 10.2 Å². The minimum atomic E-state index is -0.00852. The van der Waals surface area contributed by atoms with Crippen LogP contribution in [0.5, 0.6) is 5.75 Å². The normalized spacial score (nSPS) is 22.0. The quantitative estimate of drug-likeness (QED) is 0.930. The van der Waals surface area contributed by atoms with Gasteiger partial charge in [0.2, 0.25) is 0 Å². The number of rotatable bonds is 4. The van der Waals surface area contributed by atoms with Gasteiger partial charge >= 0.3 is 0 Å². The van der Waals surface area contributed by atoms with E-state index < -0.39 is 0 Å². The average molecular weight is 304 g/mol. The Morgan fingerprint density at radius 1 is 1.36 bits per heavy atom. The van der Waals surface area contributed by atoms with E-state index in [4.69, 9.17) is 10.5 Å². The van der Waals surface area contributed by atoms with Crippen LogP contribution >= 0.6 is 0 Å². The monoisotopic (exact) mass is 304 g/mol. The Kier molecular flexibility index (Phi) is 4.81. The van der Waals surface area contributed by atoms with Gasteiger partial charge in [-0.2, -0.15) is 0 Å². The van der Waals surface area contributed by atoms with Gasteiger partial charge < -0.3 is 15.4 Å². The fourth-order valence-corrected chi connectivity index (χ4v) is 2.85. The van der Waals surface area contributed by atoms with E-state index in [0.29, 0.717) is 6.54 Å². The maximum Gasteiger partial charge on any atom is 0.260 e. The Bertz CT molecular complexity index is 536. The number of hydrogen-bond donors (Lipinski definition) is 1. The molecule has 0 aliphatic carbocycles. The van der Waals surface area contributed by atoms with E-state index in [1.165, 1.54) is 0 Å². The summed E-state index contributed by atoms with van der Waals surface area (Å²) in [5.74, 6) is 0.838. The maximum atomic E-state index is 12.3. The Labute approximate surface area is 133 Å². The van der Waals surface area contributed by atoms with Gasteiger partial charge in [0.05, 0.1) is 0 Å². The van der Waals surface area contributed by atoms with Crippen molar-refractivity contribution in [3.05, 3.63) is 29.8 Å². The summed E-state index contributed by atoms with van der Waals surface area (Å²) >= 11 is 0. The van der Waals surface area contributed by atoms with Crippen LogP contribution in [0, 0.1) is 5.41 Å². The molecule has 4 nitrogen and oxygen atoms in total. The fourth-order valence-electron chi connectivity index (χ4n) is 2.85. The molecule has 2 N–H and O–H groups in total. The van der Waals surface area contributed by atoms with Gasteiger partial charge in [0.25, 0.3) is 5.91 Å². The minimum Gasteiger partial charge on any atom is -0.483 e. The lowest BCUT2D eigenvalue weighted by Crippen LogP contribution is -2.37. The molecule has 1 aliphatic heterocycles. The molecule has 2 rings (SSSR count). The van der Waals surface area contributed by atoms with Crippen molar-refractivity contribution in [2.45, 2.75) is 39.5 Å². The van der Waals surface area contributed by atoms with Crippen LogP contribution in [0.2, 0.25) is 0 Å². The van der Waals surface area contributed by atoms with Crippen LogP contribution in [-0.4, -0.2) is 37.0 Å². The third kappa shape index (κ3) is 3.80. The summed E-state index contributed by atoms with van der Waals surface area (Å²) in [5.41, 5.74) is 6.96. The molecule has 1 aromatic rings. The summed E-state index contributed by atoms with van der Waals surface area (Å²) in [6.45, 7) is 10.8. The summed E-state index contributed by atoms with van der Waals surface area (Å²) in [7, 11) is 0. The Morgan fingerprint density at radius 2 is 2.05 bits per heavy atom. The first-order valence-electron chi connectivity index (χ1n) is 7.95. The largest absolute Gasteiger partial charge is 0.483 e. The van der Waals surface area contributed by atoms with Gasteiger partial charge in [0.15, 0.2) is 6.61 Å². The van der Waals surface area contributed by atoms with Crippen LogP contribution in [0.3, 0.4) is 0 Å². The molecule has 0 bridgehead atoms. The Balaban J connectivity index is 1.98. The minimum absolute atomic E-state index is 0.00852. The number of para-hydroxylation sites is 1. The molecule has 1 heterocycles. The summed E-state index contributed by atoms with van der Waals surface area (Å²) < 4.78 is 5.82. The highest BCUT2D eigenvalue weighted by Gasteiger charge is 2.35. The highest BCUT2D eigenvalue weighted by molar-refractivity contribution is 5.78. The number of carbonyl (C=O) groups is 1. The number of nitrogens with zero attached hydrogens (tertiary/aromatic N) is 1. The number of amides is 1. The smallest absolute Gasteiger partial charge is 0.260 e. The van der Waals surface area contributed by atoms with Crippen LogP contribution in [0.25, 0.3) is 0 Å². The predicted octanol–water partition coefficient (Wildman–Crippen LogP) is 2.56. The van der Waals surface area contributed by atoms with Gasteiger partial charge in [-0.1, -0.05) is 45.9 Å². The first-order valence-corrected chi connectivity index (χ1v) is 7.95. The van der Waals surface area contributed by atoms with Crippen molar-refractivity contribution in [1.82, 2.24) is 4.90 Å². The molecule has 0 spiro atoms. The van der Waals surface area contributed by atoms with E-state index in [2.05, 4.69) is 33.8 Å². The number of benzene rings is 1. The van der Waals surface area contributed by atoms with Crippen LogP contribution < -0.4 is 10.5 Å². The van der Waals surface area contributed by atoms with E-state index in [-0.39, 0.29) is 23.3 Å². The van der Waals surface area contributed by atoms with E-state index in [0.717, 1.165) is 30.8 Å². The molecule has 1 aliphatic rings. The summed E-state index contributed by atoms with van der Waals surface area (Å²) in [6.07, 6.45) is 0.966. The molecular weight excluding hydrogens is 276 g/mol. The van der Waals surface area contributed by atoms with Gasteiger partial charge in [-0.15, -0.1) is 0 Å². The van der Waals surface area contributed by atoms with Gasteiger partial charge in [-0.3, -0.25) is 4.79 Å². The van der Waals surface area contributed by atoms with Gasteiger partial charge in [-0.05, 0) is 35.4 Å². The molecule has 1 aromatic carbocycles. The topological polar surface area (TPSA) is 55.6 Å². The molecule has 4 heteroatoms. The van der Waals surface area contributed by atoms with Crippen molar-refractivity contribution in [3.8, 4) is 5.75 Å². The zero-order valence-electron chi connectivity index (χ0n) is 14.2. The highest BCUT2D eigenvalue weighted by Crippen LogP contribution is 2.31. The van der Waals surface area contributed by atoms with Crippen molar-refractivity contribution in [3.63, 3.8) is 0 Å². The molecule has 22 heavy (non-hydrogen) atoms. The van der Waals surface area contributed by atoms with E-state index in [1.54, 1.807) is 0 Å². The molecule has 1 atom stereocenters. The van der Waals surface area contributed by atoms with Crippen molar-refractivity contribution < 1.29 is 9.53 Å². The predicted molar refractivity (Wildman–Crippen MR) is 89.0 cm³/mol. The van der Waals surface area contributed by atoms with Crippen molar-refractivity contribution in [2.24, 2.45) is 11.1 Å². The van der Waals surface area contributed by atoms with Crippen molar-refractivity contribution in [2.75, 3.05) is 26.2 Å². The number of likely N-dealkylation sites (tertiary alicyclic amines) is 1. The summed E-state index contributed by atoms with van der Waals surface area (Å²) in [5, 5.41) is 0. The second-order valence-corrected chi connectivity index (χ2v) is 7.61. The zero-order valence-corrected chi connectivity index (χ0v) is 14.2. The third-order valence-electron chi connectivity index (χ3n) is 4.45. The lowest BCUT2D eigenvalue weighted by Gasteiger charge is -2.24. The standard InChI is InChI=1S/C18H28N2O2/c1-17(2,3)14-7-5-6-8-15(14)22-11-16(21)20-10-9-18(4,12-19)13-20/h5-8H,9-13,19H2,1-4H3. The molecular formula is C18H28N2O2. The van der Waals surface area contributed by atoms with Gasteiger partial charge in [-0.25, -0.2) is 0 Å². The SMILES string of the molecule is CC1(CN)CCN(C(=O)COc2ccccc2C(C)(C)C)C1. The molecule has 1 saturated heterocycles. The molecule has 1 amide bonds. The fraction of sp³-hybridized carbons (Fsp3) is 0.611. The van der Waals surface area contributed by atoms with Gasteiger partial charge in [0, 0.05) is 13.1 Å². The second kappa shape index (κ2) is 6.29. The summed E-state index contributed by atoms with van der Waals surface area (Å²) in [6, 6.07) is 7.93. The molecule has 1 unspecified atom stereocenters. The molecule has 1 fully saturated rings. The molecule has 122 valence electrons. The highest BCUT2D eigenvalue weighted by atomic mass is 16.5. The van der Waals surface area contributed by atoms with E-state index >= 15 is 0 Å². The Hall–Kier alpha value is -1.55. The first-order chi connectivity index (χ1) is 10.2. The molecule has 0 radical (unpaired) electrons. The summed E-state index contributed by atoms with van der Waals surface area (Å²) in [4.78, 5) is 14.2. The van der Waals surface area contributed by atoms with E-state index in [9.17, 15) is 4.79 Å². The van der Waals surface area contributed by atoms with Crippen molar-refractivity contribution in [1.29, 1.82) is 0 Å². The lowest BCUT2D eigenvalue weighted by molar-refractivity contribution is -0.132. The number of carbonyl (C=O) groups excluding carboxylic acids is 1. The van der Waals surface area contributed by atoms with Gasteiger partial charge in [0.1, 0.15) is 5.75 Å². The Morgan fingerprint density at radius 3 is 2.64 bits per heavy atom. The average Bonchev–Trinajstić information content (AvgIpc) is 2.87.